The van der Waals surface area contributed by atoms with Crippen LogP contribution in [0.3, 0.4) is 0 Å². The number of nitrogens with zero attached hydrogens (tertiary/aromatic N) is 2. The third-order valence-electron chi connectivity index (χ3n) is 3.04. The maximum atomic E-state index is 12.0. The number of amides is 1. The van der Waals surface area contributed by atoms with E-state index in [2.05, 4.69) is 6.07 Å². The van der Waals surface area contributed by atoms with E-state index in [9.17, 15) is 9.59 Å². The molecule has 0 saturated carbocycles. The molecule has 1 heterocycles. The second kappa shape index (κ2) is 6.60. The smallest absolute Gasteiger partial charge is 0.410 e. The van der Waals surface area contributed by atoms with E-state index < -0.39 is 17.6 Å². The molecule has 20 heavy (non-hydrogen) atoms. The summed E-state index contributed by atoms with van der Waals surface area (Å²) in [6.45, 7) is 7.99. The molecule has 0 aromatic rings. The minimum Gasteiger partial charge on any atom is -0.466 e. The van der Waals surface area contributed by atoms with Crippen LogP contribution in [0.25, 0.3) is 0 Å². The molecule has 6 heteroatoms. The Balaban J connectivity index is 2.72. The second-order valence-corrected chi connectivity index (χ2v) is 5.87. The van der Waals surface area contributed by atoms with Crippen LogP contribution in [0.5, 0.6) is 0 Å². The van der Waals surface area contributed by atoms with E-state index in [1.165, 1.54) is 4.90 Å². The zero-order valence-electron chi connectivity index (χ0n) is 12.5. The van der Waals surface area contributed by atoms with Gasteiger partial charge in [0.15, 0.2) is 0 Å². The minimum absolute atomic E-state index is 0.188. The molecular weight excluding hydrogens is 260 g/mol. The minimum atomic E-state index is -0.580. The number of nitriles is 1. The summed E-state index contributed by atoms with van der Waals surface area (Å²) in [5.41, 5.74) is -0.580. The van der Waals surface area contributed by atoms with E-state index in [4.69, 9.17) is 14.7 Å². The first-order valence-corrected chi connectivity index (χ1v) is 6.80. The maximum Gasteiger partial charge on any atom is 0.410 e. The van der Waals surface area contributed by atoms with Gasteiger partial charge in [-0.3, -0.25) is 4.79 Å². The molecule has 6 nitrogen and oxygen atoms in total. The van der Waals surface area contributed by atoms with Crippen molar-refractivity contribution in [3.8, 4) is 6.07 Å². The molecule has 2 atom stereocenters. The lowest BCUT2D eigenvalue weighted by atomic mass is 9.94. The topological polar surface area (TPSA) is 79.6 Å². The number of ether oxygens (including phenoxy) is 2. The van der Waals surface area contributed by atoms with Crippen LogP contribution in [0.15, 0.2) is 0 Å². The summed E-state index contributed by atoms with van der Waals surface area (Å²) in [7, 11) is 0. The van der Waals surface area contributed by atoms with E-state index in [0.717, 1.165) is 0 Å². The predicted molar refractivity (Wildman–Crippen MR) is 71.7 cm³/mol. The van der Waals surface area contributed by atoms with Crippen LogP contribution in [0, 0.1) is 23.2 Å². The van der Waals surface area contributed by atoms with Gasteiger partial charge in [-0.05, 0) is 27.7 Å². The van der Waals surface area contributed by atoms with Crippen molar-refractivity contribution in [1.29, 1.82) is 5.26 Å². The molecule has 0 bridgehead atoms. The summed E-state index contributed by atoms with van der Waals surface area (Å²) in [5.74, 6) is -0.979. The molecule has 0 unspecified atom stereocenters. The molecule has 1 aliphatic rings. The highest BCUT2D eigenvalue weighted by molar-refractivity contribution is 5.76. The molecule has 1 rings (SSSR count). The van der Waals surface area contributed by atoms with Crippen LogP contribution in [0.1, 0.15) is 34.1 Å². The number of esters is 1. The number of hydrogen-bond acceptors (Lipinski definition) is 5. The number of rotatable bonds is 3. The highest BCUT2D eigenvalue weighted by Gasteiger charge is 2.41. The molecule has 1 fully saturated rings. The van der Waals surface area contributed by atoms with Crippen LogP contribution < -0.4 is 0 Å². The Hall–Kier alpha value is -1.77. The summed E-state index contributed by atoms with van der Waals surface area (Å²) in [6.07, 6.45) is -0.227. The van der Waals surface area contributed by atoms with E-state index >= 15 is 0 Å². The van der Waals surface area contributed by atoms with Gasteiger partial charge in [-0.25, -0.2) is 4.79 Å². The van der Waals surface area contributed by atoms with Crippen molar-refractivity contribution in [2.75, 3.05) is 19.7 Å². The molecule has 0 aliphatic carbocycles. The van der Waals surface area contributed by atoms with Crippen LogP contribution in [-0.4, -0.2) is 42.3 Å². The quantitative estimate of drug-likeness (QED) is 0.739. The van der Waals surface area contributed by atoms with Crippen molar-refractivity contribution >= 4 is 12.1 Å². The Labute approximate surface area is 119 Å². The summed E-state index contributed by atoms with van der Waals surface area (Å²) in [5, 5.41) is 8.83. The third kappa shape index (κ3) is 4.41. The first-order chi connectivity index (χ1) is 9.28. The monoisotopic (exact) mass is 282 g/mol. The fourth-order valence-corrected chi connectivity index (χ4v) is 2.19. The molecule has 1 amide bonds. The Bertz CT molecular complexity index is 408. The van der Waals surface area contributed by atoms with E-state index in [1.54, 1.807) is 27.7 Å². The normalized spacial score (nSPS) is 22.2. The first-order valence-electron chi connectivity index (χ1n) is 6.80. The summed E-state index contributed by atoms with van der Waals surface area (Å²) >= 11 is 0. The molecule has 0 aromatic carbocycles. The Morgan fingerprint density at radius 1 is 1.35 bits per heavy atom. The van der Waals surface area contributed by atoms with Gasteiger partial charge >= 0.3 is 12.1 Å². The molecule has 112 valence electrons. The standard InChI is InChI=1S/C14H22N2O4/c1-5-19-12(17)11-9-16(8-10(11)6-7-15)13(18)20-14(2,3)4/h10-11H,5-6,8-9H2,1-4H3/t10-,11-/m1/s1. The van der Waals surface area contributed by atoms with Gasteiger partial charge in [0, 0.05) is 25.4 Å². The molecule has 0 radical (unpaired) electrons. The molecule has 0 N–H and O–H groups in total. The number of carbonyl (C=O) groups excluding carboxylic acids is 2. The van der Waals surface area contributed by atoms with Crippen LogP contribution >= 0.6 is 0 Å². The van der Waals surface area contributed by atoms with Gasteiger partial charge < -0.3 is 14.4 Å². The second-order valence-electron chi connectivity index (χ2n) is 5.87. The summed E-state index contributed by atoms with van der Waals surface area (Å²) in [4.78, 5) is 25.4. The molecular formula is C14H22N2O4. The highest BCUT2D eigenvalue weighted by Crippen LogP contribution is 2.28. The van der Waals surface area contributed by atoms with E-state index in [1.807, 2.05) is 0 Å². The van der Waals surface area contributed by atoms with E-state index in [0.29, 0.717) is 13.2 Å². The van der Waals surface area contributed by atoms with Crippen LogP contribution in [0.2, 0.25) is 0 Å². The highest BCUT2D eigenvalue weighted by atomic mass is 16.6. The van der Waals surface area contributed by atoms with Gasteiger partial charge in [0.1, 0.15) is 5.60 Å². The Kier molecular flexibility index (Phi) is 5.37. The van der Waals surface area contributed by atoms with Crippen LogP contribution in [-0.2, 0) is 14.3 Å². The lowest BCUT2D eigenvalue weighted by molar-refractivity contribution is -0.148. The maximum absolute atomic E-state index is 12.0. The van der Waals surface area contributed by atoms with Gasteiger partial charge in [0.2, 0.25) is 0 Å². The molecule has 1 aliphatic heterocycles. The summed E-state index contributed by atoms with van der Waals surface area (Å²) < 4.78 is 10.3. The van der Waals surface area contributed by atoms with E-state index in [-0.39, 0.29) is 24.9 Å². The molecule has 1 saturated heterocycles. The fourth-order valence-electron chi connectivity index (χ4n) is 2.19. The fraction of sp³-hybridized carbons (Fsp3) is 0.786. The number of carbonyl (C=O) groups is 2. The lowest BCUT2D eigenvalue weighted by Gasteiger charge is -2.24. The molecule has 0 spiro atoms. The lowest BCUT2D eigenvalue weighted by Crippen LogP contribution is -2.36. The first kappa shape index (κ1) is 16.3. The number of hydrogen-bond donors (Lipinski definition) is 0. The zero-order chi connectivity index (χ0) is 15.3. The van der Waals surface area contributed by atoms with Crippen LogP contribution in [0.4, 0.5) is 4.79 Å². The average molecular weight is 282 g/mol. The predicted octanol–water partition coefficient (Wildman–Crippen LogP) is 1.95. The Morgan fingerprint density at radius 3 is 2.50 bits per heavy atom. The zero-order valence-corrected chi connectivity index (χ0v) is 12.5. The summed E-state index contributed by atoms with van der Waals surface area (Å²) in [6, 6.07) is 2.06. The van der Waals surface area contributed by atoms with Crippen molar-refractivity contribution in [2.45, 2.75) is 39.7 Å². The molecule has 0 aromatic heterocycles. The van der Waals surface area contributed by atoms with Crippen molar-refractivity contribution < 1.29 is 19.1 Å². The van der Waals surface area contributed by atoms with Crippen molar-refractivity contribution in [3.05, 3.63) is 0 Å². The van der Waals surface area contributed by atoms with Crippen molar-refractivity contribution in [3.63, 3.8) is 0 Å². The van der Waals surface area contributed by atoms with Gasteiger partial charge in [-0.2, -0.15) is 5.26 Å². The Morgan fingerprint density at radius 2 is 2.00 bits per heavy atom. The van der Waals surface area contributed by atoms with Gasteiger partial charge in [0.25, 0.3) is 0 Å². The average Bonchev–Trinajstić information content (AvgIpc) is 2.72. The van der Waals surface area contributed by atoms with Gasteiger partial charge in [-0.1, -0.05) is 0 Å². The van der Waals surface area contributed by atoms with Crippen molar-refractivity contribution in [1.82, 2.24) is 4.90 Å². The van der Waals surface area contributed by atoms with Crippen molar-refractivity contribution in [2.24, 2.45) is 11.8 Å². The SMILES string of the molecule is CCOC(=O)[C@@H]1CN(C(=O)OC(C)(C)C)C[C@H]1CC#N. The number of likely N-dealkylation sites (tertiary alicyclic amines) is 1. The largest absolute Gasteiger partial charge is 0.466 e. The third-order valence-corrected chi connectivity index (χ3v) is 3.04. The van der Waals surface area contributed by atoms with Gasteiger partial charge in [0.05, 0.1) is 18.6 Å². The van der Waals surface area contributed by atoms with Gasteiger partial charge in [-0.15, -0.1) is 0 Å².